The minimum absolute atomic E-state index is 0.107. The molecule has 0 aliphatic rings. The van der Waals surface area contributed by atoms with E-state index in [4.69, 9.17) is 4.42 Å². The van der Waals surface area contributed by atoms with Crippen molar-refractivity contribution in [1.82, 2.24) is 9.97 Å². The molecule has 0 saturated carbocycles. The smallest absolute Gasteiger partial charge is 0.230 e. The number of carbonyl (C=O) groups is 1. The molecule has 0 radical (unpaired) electrons. The lowest BCUT2D eigenvalue weighted by atomic mass is 10.0. The summed E-state index contributed by atoms with van der Waals surface area (Å²) in [5.74, 6) is 1.33. The number of nitrogens with zero attached hydrogens (tertiary/aromatic N) is 2. The summed E-state index contributed by atoms with van der Waals surface area (Å²) in [6.07, 6.45) is 4.25. The maximum Gasteiger partial charge on any atom is 0.230 e. The van der Waals surface area contributed by atoms with E-state index in [1.807, 2.05) is 6.07 Å². The first kappa shape index (κ1) is 16.9. The summed E-state index contributed by atoms with van der Waals surface area (Å²) in [5.41, 5.74) is 3.08. The van der Waals surface area contributed by atoms with Gasteiger partial charge < -0.3 is 4.42 Å². The Morgan fingerprint density at radius 3 is 2.64 bits per heavy atom. The van der Waals surface area contributed by atoms with Crippen LogP contribution in [-0.2, 0) is 11.2 Å². The van der Waals surface area contributed by atoms with E-state index in [0.717, 1.165) is 5.56 Å². The number of amides is 1. The van der Waals surface area contributed by atoms with Crippen LogP contribution in [0.4, 0.5) is 5.95 Å². The van der Waals surface area contributed by atoms with Crippen LogP contribution in [0.5, 0.6) is 0 Å². The summed E-state index contributed by atoms with van der Waals surface area (Å²) in [5, 5.41) is 2.74. The van der Waals surface area contributed by atoms with E-state index >= 15 is 0 Å². The molecule has 1 amide bonds. The molecule has 3 rings (SSSR count). The Labute approximate surface area is 147 Å². The minimum atomic E-state index is -0.107. The van der Waals surface area contributed by atoms with Crippen LogP contribution in [0.25, 0.3) is 11.5 Å². The Morgan fingerprint density at radius 2 is 1.96 bits per heavy atom. The number of furan rings is 1. The summed E-state index contributed by atoms with van der Waals surface area (Å²) < 4.78 is 5.31. The summed E-state index contributed by atoms with van der Waals surface area (Å²) >= 11 is 0. The molecule has 3 aromatic rings. The lowest BCUT2D eigenvalue weighted by molar-refractivity contribution is -0.116. The fourth-order valence-corrected chi connectivity index (χ4v) is 2.49. The zero-order valence-electron chi connectivity index (χ0n) is 14.4. The Balaban J connectivity index is 1.57. The molecule has 2 heterocycles. The normalized spacial score (nSPS) is 10.8. The van der Waals surface area contributed by atoms with E-state index < -0.39 is 0 Å². The van der Waals surface area contributed by atoms with Gasteiger partial charge in [0.15, 0.2) is 5.76 Å². The van der Waals surface area contributed by atoms with E-state index in [2.05, 4.69) is 53.4 Å². The fraction of sp³-hybridized carbons (Fsp3) is 0.250. The third-order valence-corrected chi connectivity index (χ3v) is 3.97. The predicted octanol–water partition coefficient (Wildman–Crippen LogP) is 4.43. The molecule has 0 spiro atoms. The number of anilines is 1. The van der Waals surface area contributed by atoms with Crippen LogP contribution in [-0.4, -0.2) is 15.9 Å². The van der Waals surface area contributed by atoms with Crippen molar-refractivity contribution in [3.63, 3.8) is 0 Å². The molecular formula is C20H21N3O2. The molecule has 2 aromatic heterocycles. The molecule has 0 unspecified atom stereocenters. The highest BCUT2D eigenvalue weighted by Gasteiger charge is 2.08. The third kappa shape index (κ3) is 4.53. The topological polar surface area (TPSA) is 68.0 Å². The summed E-state index contributed by atoms with van der Waals surface area (Å²) in [7, 11) is 0. The predicted molar refractivity (Wildman–Crippen MR) is 97.2 cm³/mol. The second kappa shape index (κ2) is 7.75. The molecule has 0 saturated heterocycles. The number of benzene rings is 1. The van der Waals surface area contributed by atoms with Crippen LogP contribution >= 0.6 is 0 Å². The van der Waals surface area contributed by atoms with Crippen LogP contribution in [0.15, 0.2) is 59.3 Å². The SMILES string of the molecule is CC(C)c1ccc(CCC(=O)Nc2nccc(-c3ccco3)n2)cc1. The number of hydrogen-bond donors (Lipinski definition) is 1. The molecule has 0 fully saturated rings. The van der Waals surface area contributed by atoms with Gasteiger partial charge in [0.25, 0.3) is 0 Å². The third-order valence-electron chi connectivity index (χ3n) is 3.97. The van der Waals surface area contributed by atoms with Gasteiger partial charge >= 0.3 is 0 Å². The average Bonchev–Trinajstić information content (AvgIpc) is 3.15. The van der Waals surface area contributed by atoms with Gasteiger partial charge in [0.1, 0.15) is 5.69 Å². The number of aromatic nitrogens is 2. The fourth-order valence-electron chi connectivity index (χ4n) is 2.49. The van der Waals surface area contributed by atoms with Gasteiger partial charge in [-0.25, -0.2) is 9.97 Å². The Kier molecular flexibility index (Phi) is 5.23. The summed E-state index contributed by atoms with van der Waals surface area (Å²) in [6, 6.07) is 13.7. The van der Waals surface area contributed by atoms with Gasteiger partial charge in [0.05, 0.1) is 6.26 Å². The first-order valence-electron chi connectivity index (χ1n) is 8.37. The number of rotatable bonds is 6. The van der Waals surface area contributed by atoms with Gasteiger partial charge in [-0.3, -0.25) is 10.1 Å². The van der Waals surface area contributed by atoms with Crippen molar-refractivity contribution >= 4 is 11.9 Å². The molecule has 0 bridgehead atoms. The van der Waals surface area contributed by atoms with Crippen LogP contribution in [0.3, 0.4) is 0 Å². The number of hydrogen-bond acceptors (Lipinski definition) is 4. The summed E-state index contributed by atoms with van der Waals surface area (Å²) in [4.78, 5) is 20.5. The molecule has 1 aromatic carbocycles. The van der Waals surface area contributed by atoms with Crippen molar-refractivity contribution in [1.29, 1.82) is 0 Å². The van der Waals surface area contributed by atoms with Gasteiger partial charge in [-0.15, -0.1) is 0 Å². The molecular weight excluding hydrogens is 314 g/mol. The van der Waals surface area contributed by atoms with Crippen LogP contribution in [0, 0.1) is 0 Å². The average molecular weight is 335 g/mol. The quantitative estimate of drug-likeness (QED) is 0.723. The Bertz CT molecular complexity index is 824. The maximum absolute atomic E-state index is 12.1. The first-order chi connectivity index (χ1) is 12.1. The van der Waals surface area contributed by atoms with Crippen LogP contribution in [0.2, 0.25) is 0 Å². The van der Waals surface area contributed by atoms with Gasteiger partial charge in [-0.2, -0.15) is 0 Å². The van der Waals surface area contributed by atoms with Gasteiger partial charge in [-0.1, -0.05) is 38.1 Å². The van der Waals surface area contributed by atoms with Crippen molar-refractivity contribution < 1.29 is 9.21 Å². The van der Waals surface area contributed by atoms with Crippen molar-refractivity contribution in [3.8, 4) is 11.5 Å². The molecule has 0 atom stereocenters. The lowest BCUT2D eigenvalue weighted by Crippen LogP contribution is -2.14. The molecule has 0 aliphatic heterocycles. The Hall–Kier alpha value is -2.95. The lowest BCUT2D eigenvalue weighted by Gasteiger charge is -2.07. The van der Waals surface area contributed by atoms with Crippen molar-refractivity contribution in [2.24, 2.45) is 0 Å². The maximum atomic E-state index is 12.1. The number of carbonyl (C=O) groups excluding carboxylic acids is 1. The zero-order valence-corrected chi connectivity index (χ0v) is 14.4. The van der Waals surface area contributed by atoms with Crippen molar-refractivity contribution in [2.75, 3.05) is 5.32 Å². The largest absolute Gasteiger partial charge is 0.463 e. The summed E-state index contributed by atoms with van der Waals surface area (Å²) in [6.45, 7) is 4.33. The Morgan fingerprint density at radius 1 is 1.16 bits per heavy atom. The van der Waals surface area contributed by atoms with E-state index in [1.165, 1.54) is 5.56 Å². The van der Waals surface area contributed by atoms with Crippen LogP contribution in [0.1, 0.15) is 37.3 Å². The molecule has 1 N–H and O–H groups in total. The highest BCUT2D eigenvalue weighted by atomic mass is 16.3. The molecule has 25 heavy (non-hydrogen) atoms. The van der Waals surface area contributed by atoms with Gasteiger partial charge in [0.2, 0.25) is 11.9 Å². The van der Waals surface area contributed by atoms with Crippen molar-refractivity contribution in [2.45, 2.75) is 32.6 Å². The van der Waals surface area contributed by atoms with Crippen molar-refractivity contribution in [3.05, 3.63) is 66.1 Å². The highest BCUT2D eigenvalue weighted by Crippen LogP contribution is 2.18. The number of nitrogens with one attached hydrogen (secondary N) is 1. The first-order valence-corrected chi connectivity index (χ1v) is 8.37. The molecule has 0 aliphatic carbocycles. The van der Waals surface area contributed by atoms with E-state index in [1.54, 1.807) is 24.6 Å². The number of aryl methyl sites for hydroxylation is 1. The van der Waals surface area contributed by atoms with E-state index in [-0.39, 0.29) is 11.9 Å². The van der Waals surface area contributed by atoms with E-state index in [0.29, 0.717) is 30.2 Å². The second-order valence-electron chi connectivity index (χ2n) is 6.19. The highest BCUT2D eigenvalue weighted by molar-refractivity contribution is 5.89. The second-order valence-corrected chi connectivity index (χ2v) is 6.19. The zero-order chi connectivity index (χ0) is 17.6. The van der Waals surface area contributed by atoms with Gasteiger partial charge in [0, 0.05) is 12.6 Å². The molecule has 5 heteroatoms. The van der Waals surface area contributed by atoms with Crippen LogP contribution < -0.4 is 5.32 Å². The van der Waals surface area contributed by atoms with Gasteiger partial charge in [-0.05, 0) is 41.7 Å². The molecule has 5 nitrogen and oxygen atoms in total. The van der Waals surface area contributed by atoms with E-state index in [9.17, 15) is 4.79 Å². The molecule has 128 valence electrons. The standard InChI is InChI=1S/C20H21N3O2/c1-14(2)16-8-5-15(6-9-16)7-10-19(24)23-20-21-12-11-17(22-20)18-4-3-13-25-18/h3-6,8-9,11-14H,7,10H2,1-2H3,(H,21,22,23,24). The monoisotopic (exact) mass is 335 g/mol. The minimum Gasteiger partial charge on any atom is -0.463 e.